The van der Waals surface area contributed by atoms with Gasteiger partial charge in [0.1, 0.15) is 5.82 Å². The molecule has 1 atom stereocenters. The third-order valence-corrected chi connectivity index (χ3v) is 3.51. The van der Waals surface area contributed by atoms with Crippen LogP contribution in [0.4, 0.5) is 4.39 Å². The molecule has 0 fully saturated rings. The standard InChI is InChI=1S/C14H17ClFN/c15-11-7-8-12(13(16)9-11)14(17)10-5-3-1-2-4-6-10/h5,7-9,14H,1-4,6,17H2. The molecule has 2 N–H and O–H groups in total. The van der Waals surface area contributed by atoms with Gasteiger partial charge in [0.15, 0.2) is 0 Å². The molecule has 0 radical (unpaired) electrons. The van der Waals surface area contributed by atoms with Gasteiger partial charge in [0.25, 0.3) is 0 Å². The Labute approximate surface area is 106 Å². The fourth-order valence-electron chi connectivity index (χ4n) is 2.28. The van der Waals surface area contributed by atoms with Crippen LogP contribution >= 0.6 is 11.6 Å². The summed E-state index contributed by atoms with van der Waals surface area (Å²) in [5.74, 6) is -0.310. The molecular formula is C14H17ClFN. The Kier molecular flexibility index (Phi) is 4.19. The highest BCUT2D eigenvalue weighted by atomic mass is 35.5. The average Bonchev–Trinajstić information content (AvgIpc) is 2.56. The van der Waals surface area contributed by atoms with Gasteiger partial charge in [0.2, 0.25) is 0 Å². The van der Waals surface area contributed by atoms with Crippen molar-refractivity contribution in [1.82, 2.24) is 0 Å². The van der Waals surface area contributed by atoms with E-state index in [2.05, 4.69) is 6.08 Å². The van der Waals surface area contributed by atoms with Gasteiger partial charge in [-0.25, -0.2) is 4.39 Å². The smallest absolute Gasteiger partial charge is 0.129 e. The van der Waals surface area contributed by atoms with Crippen molar-refractivity contribution in [3.8, 4) is 0 Å². The highest BCUT2D eigenvalue weighted by molar-refractivity contribution is 6.30. The van der Waals surface area contributed by atoms with Crippen molar-refractivity contribution in [1.29, 1.82) is 0 Å². The number of rotatable bonds is 2. The second-order valence-corrected chi connectivity index (χ2v) is 4.96. The van der Waals surface area contributed by atoms with Gasteiger partial charge in [-0.2, -0.15) is 0 Å². The molecule has 0 heterocycles. The first-order valence-electron chi connectivity index (χ1n) is 6.08. The zero-order chi connectivity index (χ0) is 12.3. The highest BCUT2D eigenvalue weighted by Crippen LogP contribution is 2.29. The molecule has 0 amide bonds. The van der Waals surface area contributed by atoms with E-state index in [1.54, 1.807) is 12.1 Å². The molecule has 92 valence electrons. The quantitative estimate of drug-likeness (QED) is 0.779. The molecule has 1 unspecified atom stereocenters. The van der Waals surface area contributed by atoms with Crippen LogP contribution in [0.3, 0.4) is 0 Å². The summed E-state index contributed by atoms with van der Waals surface area (Å²) < 4.78 is 13.8. The summed E-state index contributed by atoms with van der Waals surface area (Å²) in [6.45, 7) is 0. The Morgan fingerprint density at radius 3 is 2.82 bits per heavy atom. The predicted octanol–water partition coefficient (Wildman–Crippen LogP) is 4.37. The summed E-state index contributed by atoms with van der Waals surface area (Å²) in [6, 6.07) is 4.38. The molecule has 1 aliphatic rings. The molecule has 1 aromatic carbocycles. The number of hydrogen-bond donors (Lipinski definition) is 1. The van der Waals surface area contributed by atoms with Crippen LogP contribution in [-0.4, -0.2) is 0 Å². The average molecular weight is 254 g/mol. The van der Waals surface area contributed by atoms with Gasteiger partial charge >= 0.3 is 0 Å². The molecule has 0 bridgehead atoms. The molecule has 3 heteroatoms. The fraction of sp³-hybridized carbons (Fsp3) is 0.429. The Hall–Kier alpha value is -0.860. The van der Waals surface area contributed by atoms with Crippen LogP contribution in [-0.2, 0) is 0 Å². The van der Waals surface area contributed by atoms with E-state index in [0.29, 0.717) is 10.6 Å². The monoisotopic (exact) mass is 253 g/mol. The van der Waals surface area contributed by atoms with Crippen LogP contribution in [0, 0.1) is 5.82 Å². The third-order valence-electron chi connectivity index (χ3n) is 3.27. The fourth-order valence-corrected chi connectivity index (χ4v) is 2.43. The Balaban J connectivity index is 2.23. The molecule has 0 saturated carbocycles. The Bertz CT molecular complexity index is 428. The maximum Gasteiger partial charge on any atom is 0.129 e. The number of allylic oxidation sites excluding steroid dienone is 1. The molecule has 0 aromatic heterocycles. The van der Waals surface area contributed by atoms with Gasteiger partial charge in [0.05, 0.1) is 6.04 Å². The van der Waals surface area contributed by atoms with E-state index in [4.69, 9.17) is 17.3 Å². The van der Waals surface area contributed by atoms with Crippen molar-refractivity contribution in [3.05, 3.63) is 46.3 Å². The summed E-state index contributed by atoms with van der Waals surface area (Å²) in [4.78, 5) is 0. The molecule has 0 saturated heterocycles. The lowest BCUT2D eigenvalue weighted by Crippen LogP contribution is -2.15. The van der Waals surface area contributed by atoms with Crippen LogP contribution in [0.15, 0.2) is 29.8 Å². The van der Waals surface area contributed by atoms with Crippen LogP contribution in [0.1, 0.15) is 43.7 Å². The van der Waals surface area contributed by atoms with Crippen LogP contribution in [0.5, 0.6) is 0 Å². The summed E-state index contributed by atoms with van der Waals surface area (Å²) in [7, 11) is 0. The summed E-state index contributed by atoms with van der Waals surface area (Å²) in [5, 5.41) is 0.410. The lowest BCUT2D eigenvalue weighted by atomic mass is 9.95. The van der Waals surface area contributed by atoms with Crippen molar-refractivity contribution in [2.24, 2.45) is 5.73 Å². The van der Waals surface area contributed by atoms with Crippen molar-refractivity contribution in [3.63, 3.8) is 0 Å². The molecule has 1 nitrogen and oxygen atoms in total. The number of nitrogens with two attached hydrogens (primary N) is 1. The SMILES string of the molecule is NC(C1=CCCCCC1)c1ccc(Cl)cc1F. The van der Waals surface area contributed by atoms with E-state index in [1.807, 2.05) is 0 Å². The maximum atomic E-state index is 13.8. The van der Waals surface area contributed by atoms with Crippen LogP contribution < -0.4 is 5.73 Å². The lowest BCUT2D eigenvalue weighted by molar-refractivity contribution is 0.592. The zero-order valence-corrected chi connectivity index (χ0v) is 10.5. The topological polar surface area (TPSA) is 26.0 Å². The van der Waals surface area contributed by atoms with Crippen molar-refractivity contribution in [2.45, 2.75) is 38.1 Å². The van der Waals surface area contributed by atoms with Gasteiger partial charge in [0, 0.05) is 10.6 Å². The van der Waals surface area contributed by atoms with Crippen molar-refractivity contribution < 1.29 is 4.39 Å². The summed E-state index contributed by atoms with van der Waals surface area (Å²) in [5.41, 5.74) is 7.84. The van der Waals surface area contributed by atoms with Gasteiger partial charge in [-0.05, 0) is 37.8 Å². The molecule has 17 heavy (non-hydrogen) atoms. The van der Waals surface area contributed by atoms with E-state index < -0.39 is 0 Å². The van der Waals surface area contributed by atoms with Crippen LogP contribution in [0.2, 0.25) is 5.02 Å². The van der Waals surface area contributed by atoms with E-state index >= 15 is 0 Å². The van der Waals surface area contributed by atoms with E-state index in [-0.39, 0.29) is 11.9 Å². The predicted molar refractivity (Wildman–Crippen MR) is 69.5 cm³/mol. The number of benzene rings is 1. The van der Waals surface area contributed by atoms with Crippen LogP contribution in [0.25, 0.3) is 0 Å². The number of hydrogen-bond acceptors (Lipinski definition) is 1. The zero-order valence-electron chi connectivity index (χ0n) is 9.76. The van der Waals surface area contributed by atoms with E-state index in [1.165, 1.54) is 18.9 Å². The minimum absolute atomic E-state index is 0.310. The summed E-state index contributed by atoms with van der Waals surface area (Å²) >= 11 is 5.74. The minimum atomic E-state index is -0.328. The minimum Gasteiger partial charge on any atom is -0.320 e. The molecule has 0 spiro atoms. The molecule has 2 rings (SSSR count). The van der Waals surface area contributed by atoms with Crippen molar-refractivity contribution in [2.75, 3.05) is 0 Å². The third kappa shape index (κ3) is 3.08. The second kappa shape index (κ2) is 5.65. The largest absolute Gasteiger partial charge is 0.320 e. The maximum absolute atomic E-state index is 13.8. The first-order valence-corrected chi connectivity index (χ1v) is 6.46. The Morgan fingerprint density at radius 2 is 2.06 bits per heavy atom. The molecular weight excluding hydrogens is 237 g/mol. The number of halogens is 2. The molecule has 0 aliphatic heterocycles. The highest BCUT2D eigenvalue weighted by Gasteiger charge is 2.16. The molecule has 1 aliphatic carbocycles. The van der Waals surface area contributed by atoms with Gasteiger partial charge in [-0.15, -0.1) is 0 Å². The van der Waals surface area contributed by atoms with E-state index in [0.717, 1.165) is 24.8 Å². The molecule has 1 aromatic rings. The van der Waals surface area contributed by atoms with Gasteiger partial charge in [-0.1, -0.05) is 35.7 Å². The normalized spacial score (nSPS) is 18.4. The first-order chi connectivity index (χ1) is 8.18. The van der Waals surface area contributed by atoms with Gasteiger partial charge in [-0.3, -0.25) is 0 Å². The van der Waals surface area contributed by atoms with Crippen molar-refractivity contribution >= 4 is 11.6 Å². The lowest BCUT2D eigenvalue weighted by Gasteiger charge is -2.16. The first kappa shape index (κ1) is 12.6. The van der Waals surface area contributed by atoms with E-state index in [9.17, 15) is 4.39 Å². The second-order valence-electron chi connectivity index (χ2n) is 4.52. The summed E-state index contributed by atoms with van der Waals surface area (Å²) in [6.07, 6.45) is 7.79. The Morgan fingerprint density at radius 1 is 1.24 bits per heavy atom. The van der Waals surface area contributed by atoms with Gasteiger partial charge < -0.3 is 5.73 Å².